The first kappa shape index (κ1) is 16.7. The van der Waals surface area contributed by atoms with Gasteiger partial charge in [0.05, 0.1) is 0 Å². The molecule has 2 aromatic heterocycles. The van der Waals surface area contributed by atoms with Gasteiger partial charge in [-0.1, -0.05) is 18.6 Å². The normalized spacial score (nSPS) is 18.1. The van der Waals surface area contributed by atoms with Crippen LogP contribution in [0.4, 0.5) is 5.69 Å². The predicted octanol–water partition coefficient (Wildman–Crippen LogP) is 2.75. The van der Waals surface area contributed by atoms with Gasteiger partial charge in [-0.25, -0.2) is 9.50 Å². The van der Waals surface area contributed by atoms with Crippen molar-refractivity contribution in [3.63, 3.8) is 0 Å². The highest BCUT2D eigenvalue weighted by Gasteiger charge is 2.18. The summed E-state index contributed by atoms with van der Waals surface area (Å²) in [7, 11) is 0. The second-order valence-corrected chi connectivity index (χ2v) is 6.77. The maximum Gasteiger partial charge on any atom is 0.295 e. The van der Waals surface area contributed by atoms with Gasteiger partial charge in [0.25, 0.3) is 11.7 Å². The van der Waals surface area contributed by atoms with Gasteiger partial charge in [-0.2, -0.15) is 4.98 Å². The summed E-state index contributed by atoms with van der Waals surface area (Å²) in [5, 5.41) is 6.98. The number of carbonyl (C=O) groups excluding carboxylic acids is 1. The topological polar surface area (TPSA) is 75.4 Å². The minimum absolute atomic E-state index is 0.106. The van der Waals surface area contributed by atoms with E-state index in [4.69, 9.17) is 0 Å². The third-order valence-corrected chi connectivity index (χ3v) is 4.86. The third-order valence-electron chi connectivity index (χ3n) is 4.86. The Bertz CT molecular complexity index is 871. The molecule has 3 aromatic rings. The molecule has 0 spiro atoms. The van der Waals surface area contributed by atoms with Crippen LogP contribution in [0.5, 0.6) is 0 Å². The second-order valence-electron chi connectivity index (χ2n) is 6.77. The van der Waals surface area contributed by atoms with E-state index in [-0.39, 0.29) is 11.7 Å². The van der Waals surface area contributed by atoms with Crippen molar-refractivity contribution < 1.29 is 4.79 Å². The number of nitrogens with zero attached hydrogens (tertiary/aromatic N) is 5. The second kappa shape index (κ2) is 7.21. The number of nitrogens with one attached hydrogen (secondary N) is 1. The van der Waals surface area contributed by atoms with Gasteiger partial charge in [0, 0.05) is 30.7 Å². The van der Waals surface area contributed by atoms with Crippen LogP contribution in [0, 0.1) is 0 Å². The van der Waals surface area contributed by atoms with Crippen molar-refractivity contribution in [2.24, 2.45) is 0 Å². The third kappa shape index (κ3) is 3.57. The Balaban J connectivity index is 1.41. The van der Waals surface area contributed by atoms with Crippen molar-refractivity contribution in [2.45, 2.75) is 38.8 Å². The summed E-state index contributed by atoms with van der Waals surface area (Å²) in [5.41, 5.74) is 1.99. The number of aromatic nitrogens is 4. The fourth-order valence-corrected chi connectivity index (χ4v) is 3.34. The number of amides is 1. The molecule has 1 amide bonds. The zero-order chi connectivity index (χ0) is 17.9. The fraction of sp³-hybridized carbons (Fsp3) is 0.368. The summed E-state index contributed by atoms with van der Waals surface area (Å²) in [6, 6.07) is 10.4. The molecule has 0 saturated carbocycles. The molecule has 1 saturated heterocycles. The molecule has 0 aliphatic carbocycles. The van der Waals surface area contributed by atoms with Gasteiger partial charge in [0.1, 0.15) is 0 Å². The average Bonchev–Trinajstić information content (AvgIpc) is 3.10. The molecule has 26 heavy (non-hydrogen) atoms. The molecule has 1 aromatic carbocycles. The van der Waals surface area contributed by atoms with Crippen molar-refractivity contribution in [1.29, 1.82) is 0 Å². The zero-order valence-electron chi connectivity index (χ0n) is 14.8. The van der Waals surface area contributed by atoms with Crippen molar-refractivity contribution in [1.82, 2.24) is 24.5 Å². The van der Waals surface area contributed by atoms with Crippen LogP contribution >= 0.6 is 0 Å². The van der Waals surface area contributed by atoms with E-state index >= 15 is 0 Å². The van der Waals surface area contributed by atoms with Crippen LogP contribution in [0.1, 0.15) is 42.4 Å². The number of anilines is 1. The lowest BCUT2D eigenvalue weighted by Crippen LogP contribution is -2.36. The van der Waals surface area contributed by atoms with Crippen LogP contribution in [0.15, 0.2) is 42.7 Å². The molecule has 1 aliphatic heterocycles. The Morgan fingerprint density at radius 1 is 1.27 bits per heavy atom. The first-order valence-electron chi connectivity index (χ1n) is 9.01. The molecule has 1 aliphatic rings. The monoisotopic (exact) mass is 350 g/mol. The molecule has 7 heteroatoms. The molecule has 0 radical (unpaired) electrons. The summed E-state index contributed by atoms with van der Waals surface area (Å²) in [5.74, 6) is 0.173. The lowest BCUT2D eigenvalue weighted by molar-refractivity contribution is 0.101. The smallest absolute Gasteiger partial charge is 0.295 e. The summed E-state index contributed by atoms with van der Waals surface area (Å²) in [6.45, 7) is 4.41. The van der Waals surface area contributed by atoms with E-state index in [1.54, 1.807) is 18.5 Å². The van der Waals surface area contributed by atoms with E-state index in [1.807, 2.05) is 12.1 Å². The summed E-state index contributed by atoms with van der Waals surface area (Å²) in [4.78, 5) is 23.1. The molecule has 4 rings (SSSR count). The van der Waals surface area contributed by atoms with Gasteiger partial charge in [-0.15, -0.1) is 5.10 Å². The molecule has 1 unspecified atom stereocenters. The number of likely N-dealkylation sites (tertiary alicyclic amines) is 1. The highest BCUT2D eigenvalue weighted by Crippen LogP contribution is 2.20. The van der Waals surface area contributed by atoms with Gasteiger partial charge in [-0.05, 0) is 50.1 Å². The van der Waals surface area contributed by atoms with E-state index in [9.17, 15) is 4.79 Å². The van der Waals surface area contributed by atoms with Crippen molar-refractivity contribution in [2.75, 3.05) is 11.9 Å². The molecule has 1 fully saturated rings. The van der Waals surface area contributed by atoms with Crippen molar-refractivity contribution in [3.8, 4) is 0 Å². The highest BCUT2D eigenvalue weighted by atomic mass is 16.2. The first-order chi connectivity index (χ1) is 12.7. The van der Waals surface area contributed by atoms with Crippen LogP contribution in [-0.2, 0) is 6.54 Å². The predicted molar refractivity (Wildman–Crippen MR) is 98.9 cm³/mol. The number of hydrogen-bond donors (Lipinski definition) is 1. The minimum Gasteiger partial charge on any atom is -0.319 e. The lowest BCUT2D eigenvalue weighted by atomic mass is 10.0. The van der Waals surface area contributed by atoms with Crippen LogP contribution in [0.25, 0.3) is 5.78 Å². The molecule has 3 heterocycles. The van der Waals surface area contributed by atoms with Crippen LogP contribution in [0.2, 0.25) is 0 Å². The molecule has 7 nitrogen and oxygen atoms in total. The van der Waals surface area contributed by atoms with Crippen LogP contribution in [0.3, 0.4) is 0 Å². The minimum atomic E-state index is -0.340. The van der Waals surface area contributed by atoms with Gasteiger partial charge < -0.3 is 5.32 Å². The van der Waals surface area contributed by atoms with Gasteiger partial charge in [0.2, 0.25) is 5.82 Å². The van der Waals surface area contributed by atoms with Gasteiger partial charge in [0.15, 0.2) is 0 Å². The Labute approximate surface area is 152 Å². The SMILES string of the molecule is CC1CCCCN1Cc1ccc(NC(=O)c2nc3ncccn3n2)cc1. The lowest BCUT2D eigenvalue weighted by Gasteiger charge is -2.33. The maximum atomic E-state index is 12.3. The summed E-state index contributed by atoms with van der Waals surface area (Å²) in [6.07, 6.45) is 7.21. The van der Waals surface area contributed by atoms with Crippen molar-refractivity contribution in [3.05, 3.63) is 54.1 Å². The van der Waals surface area contributed by atoms with E-state index in [2.05, 4.69) is 44.3 Å². The van der Waals surface area contributed by atoms with E-state index in [1.165, 1.54) is 29.3 Å². The number of piperidine rings is 1. The number of hydrogen-bond acceptors (Lipinski definition) is 5. The number of fused-ring (bicyclic) bond motifs is 1. The molecule has 0 bridgehead atoms. The van der Waals surface area contributed by atoms with Crippen molar-refractivity contribution >= 4 is 17.4 Å². The Morgan fingerprint density at radius 3 is 2.88 bits per heavy atom. The summed E-state index contributed by atoms with van der Waals surface area (Å²) < 4.78 is 1.48. The van der Waals surface area contributed by atoms with Gasteiger partial charge >= 0.3 is 0 Å². The molecular formula is C19H22N6O. The summed E-state index contributed by atoms with van der Waals surface area (Å²) >= 11 is 0. The van der Waals surface area contributed by atoms with Gasteiger partial charge in [-0.3, -0.25) is 9.69 Å². The average molecular weight is 350 g/mol. The molecule has 134 valence electrons. The van der Waals surface area contributed by atoms with E-state index < -0.39 is 0 Å². The highest BCUT2D eigenvalue weighted by molar-refractivity contribution is 6.01. The zero-order valence-corrected chi connectivity index (χ0v) is 14.8. The Kier molecular flexibility index (Phi) is 4.62. The quantitative estimate of drug-likeness (QED) is 0.783. The van der Waals surface area contributed by atoms with Crippen LogP contribution < -0.4 is 5.32 Å². The molecular weight excluding hydrogens is 328 g/mol. The Morgan fingerprint density at radius 2 is 2.12 bits per heavy atom. The standard InChI is InChI=1S/C19H22N6O/c1-14-5-2-3-11-24(14)13-15-6-8-16(9-7-15)21-18(26)17-22-19-20-10-4-12-25(19)23-17/h4,6-10,12,14H,2-3,5,11,13H2,1H3,(H,21,26). The number of carbonyl (C=O) groups is 1. The molecule has 1 atom stereocenters. The van der Waals surface area contributed by atoms with E-state index in [0.717, 1.165) is 18.8 Å². The number of benzene rings is 1. The largest absolute Gasteiger partial charge is 0.319 e. The number of rotatable bonds is 4. The fourth-order valence-electron chi connectivity index (χ4n) is 3.34. The Hall–Kier alpha value is -2.80. The van der Waals surface area contributed by atoms with Crippen LogP contribution in [-0.4, -0.2) is 43.0 Å². The maximum absolute atomic E-state index is 12.3. The first-order valence-corrected chi connectivity index (χ1v) is 9.01. The molecule has 1 N–H and O–H groups in total. The van der Waals surface area contributed by atoms with E-state index in [0.29, 0.717) is 11.8 Å².